The van der Waals surface area contributed by atoms with Crippen LogP contribution in [0.1, 0.15) is 50.4 Å². The first-order valence-electron chi connectivity index (χ1n) is 8.04. The molecule has 2 aromatic rings. The number of hydrogen-bond donors (Lipinski definition) is 0. The van der Waals surface area contributed by atoms with Crippen LogP contribution >= 0.6 is 0 Å². The van der Waals surface area contributed by atoms with E-state index in [0.29, 0.717) is 18.3 Å². The van der Waals surface area contributed by atoms with E-state index >= 15 is 0 Å². The van der Waals surface area contributed by atoms with Gasteiger partial charge in [-0.15, -0.1) is 0 Å². The predicted molar refractivity (Wildman–Crippen MR) is 87.3 cm³/mol. The Bertz CT molecular complexity index is 792. The molecule has 1 fully saturated rings. The van der Waals surface area contributed by atoms with Crippen molar-refractivity contribution in [3.63, 3.8) is 0 Å². The van der Waals surface area contributed by atoms with Crippen molar-refractivity contribution in [2.75, 3.05) is 18.6 Å². The van der Waals surface area contributed by atoms with Crippen LogP contribution in [0.25, 0.3) is 0 Å². The summed E-state index contributed by atoms with van der Waals surface area (Å²) in [7, 11) is 1.32. The van der Waals surface area contributed by atoms with E-state index in [9.17, 15) is 14.5 Å². The lowest BCUT2D eigenvalue weighted by molar-refractivity contribution is -0.385. The number of nitro groups is 1. The number of anilines is 1. The number of aromatic nitrogens is 2. The highest BCUT2D eigenvalue weighted by atomic mass is 19.1. The van der Waals surface area contributed by atoms with E-state index in [-0.39, 0.29) is 23.4 Å². The first kappa shape index (κ1) is 17.1. The van der Waals surface area contributed by atoms with Crippen molar-refractivity contribution in [3.05, 3.63) is 39.8 Å². The van der Waals surface area contributed by atoms with E-state index in [1.807, 2.05) is 13.8 Å². The molecule has 2 heterocycles. The van der Waals surface area contributed by atoms with Crippen molar-refractivity contribution in [3.8, 4) is 5.75 Å². The minimum Gasteiger partial charge on any atom is -0.490 e. The molecule has 1 aliphatic heterocycles. The number of benzene rings is 1. The van der Waals surface area contributed by atoms with Crippen LogP contribution in [0.3, 0.4) is 0 Å². The molecule has 0 radical (unpaired) electrons. The second-order valence-electron chi connectivity index (χ2n) is 6.23. The van der Waals surface area contributed by atoms with Crippen molar-refractivity contribution in [2.45, 2.75) is 38.6 Å². The molecule has 8 nitrogen and oxygen atoms in total. The van der Waals surface area contributed by atoms with Crippen molar-refractivity contribution < 1.29 is 18.6 Å². The average molecular weight is 350 g/mol. The fraction of sp³-hybridized carbons (Fsp3) is 0.500. The van der Waals surface area contributed by atoms with Gasteiger partial charge in [0.1, 0.15) is 0 Å². The zero-order valence-corrected chi connectivity index (χ0v) is 14.2. The molecule has 25 heavy (non-hydrogen) atoms. The van der Waals surface area contributed by atoms with Gasteiger partial charge in [0, 0.05) is 18.5 Å². The smallest absolute Gasteiger partial charge is 0.313 e. The van der Waals surface area contributed by atoms with Gasteiger partial charge < -0.3 is 14.2 Å². The summed E-state index contributed by atoms with van der Waals surface area (Å²) < 4.78 is 24.8. The fourth-order valence-electron chi connectivity index (χ4n) is 3.00. The Morgan fingerprint density at radius 3 is 2.84 bits per heavy atom. The molecule has 0 bridgehead atoms. The van der Waals surface area contributed by atoms with Crippen molar-refractivity contribution in [2.24, 2.45) is 0 Å². The molecule has 0 spiro atoms. The van der Waals surface area contributed by atoms with Gasteiger partial charge in [0.15, 0.2) is 17.4 Å². The molecule has 1 atom stereocenters. The summed E-state index contributed by atoms with van der Waals surface area (Å²) in [5, 5.41) is 15.1. The Labute approximate surface area is 143 Å². The van der Waals surface area contributed by atoms with Crippen LogP contribution in [-0.2, 0) is 0 Å². The standard InChI is InChI=1S/C16H19FN4O4/c1-9(2)16-18-15(19-25-16)11-5-4-6-20(11)12-8-14(24-3)13(21(22)23)7-10(12)17/h7-9,11H,4-6H2,1-3H3. The van der Waals surface area contributed by atoms with Crippen molar-refractivity contribution >= 4 is 11.4 Å². The number of nitrogens with zero attached hydrogens (tertiary/aromatic N) is 4. The predicted octanol–water partition coefficient (Wildman–Crippen LogP) is 3.59. The number of halogens is 1. The Morgan fingerprint density at radius 2 is 2.24 bits per heavy atom. The summed E-state index contributed by atoms with van der Waals surface area (Å²) in [5.74, 6) is 0.476. The zero-order valence-electron chi connectivity index (χ0n) is 14.2. The molecule has 0 aliphatic carbocycles. The lowest BCUT2D eigenvalue weighted by Crippen LogP contribution is -2.24. The lowest BCUT2D eigenvalue weighted by atomic mass is 10.1. The number of methoxy groups -OCH3 is 1. The summed E-state index contributed by atoms with van der Waals surface area (Å²) in [5.41, 5.74) is -0.165. The minimum atomic E-state index is -0.674. The van der Waals surface area contributed by atoms with E-state index in [1.165, 1.54) is 13.2 Å². The van der Waals surface area contributed by atoms with Gasteiger partial charge in [-0.3, -0.25) is 10.1 Å². The lowest BCUT2D eigenvalue weighted by Gasteiger charge is -2.25. The molecule has 1 aliphatic rings. The Morgan fingerprint density at radius 1 is 1.48 bits per heavy atom. The molecule has 1 aromatic heterocycles. The third-order valence-electron chi connectivity index (χ3n) is 4.26. The minimum absolute atomic E-state index is 0.0167. The highest BCUT2D eigenvalue weighted by molar-refractivity contribution is 5.61. The molecule has 134 valence electrons. The van der Waals surface area contributed by atoms with Gasteiger partial charge in [-0.25, -0.2) is 4.39 Å². The molecule has 0 N–H and O–H groups in total. The second kappa shape index (κ2) is 6.66. The van der Waals surface area contributed by atoms with E-state index in [0.717, 1.165) is 18.9 Å². The van der Waals surface area contributed by atoms with Crippen LogP contribution in [0.15, 0.2) is 16.7 Å². The first-order valence-corrected chi connectivity index (χ1v) is 8.04. The summed E-state index contributed by atoms with van der Waals surface area (Å²) in [6, 6.07) is 2.01. The molecule has 1 saturated heterocycles. The van der Waals surface area contributed by atoms with Crippen LogP contribution in [-0.4, -0.2) is 28.7 Å². The van der Waals surface area contributed by atoms with Gasteiger partial charge >= 0.3 is 5.69 Å². The molecular formula is C16H19FN4O4. The Kier molecular flexibility index (Phi) is 4.56. The van der Waals surface area contributed by atoms with E-state index < -0.39 is 16.4 Å². The Balaban J connectivity index is 1.98. The molecule has 3 rings (SSSR count). The maximum atomic E-state index is 14.5. The third-order valence-corrected chi connectivity index (χ3v) is 4.26. The highest BCUT2D eigenvalue weighted by Crippen LogP contribution is 2.40. The number of hydrogen-bond acceptors (Lipinski definition) is 7. The molecular weight excluding hydrogens is 331 g/mol. The zero-order chi connectivity index (χ0) is 18.1. The third kappa shape index (κ3) is 3.13. The van der Waals surface area contributed by atoms with E-state index in [4.69, 9.17) is 9.26 Å². The van der Waals surface area contributed by atoms with Crippen molar-refractivity contribution in [1.29, 1.82) is 0 Å². The SMILES string of the molecule is COc1cc(N2CCCC2c2noc(C(C)C)n2)c(F)cc1[N+](=O)[O-]. The maximum absolute atomic E-state index is 14.5. The van der Waals surface area contributed by atoms with Crippen LogP contribution in [0, 0.1) is 15.9 Å². The summed E-state index contributed by atoms with van der Waals surface area (Å²) in [6.45, 7) is 4.49. The van der Waals surface area contributed by atoms with Crippen LogP contribution < -0.4 is 9.64 Å². The largest absolute Gasteiger partial charge is 0.490 e. The Hall–Kier alpha value is -2.71. The topological polar surface area (TPSA) is 94.5 Å². The summed E-state index contributed by atoms with van der Waals surface area (Å²) >= 11 is 0. The van der Waals surface area contributed by atoms with Gasteiger partial charge in [0.25, 0.3) is 0 Å². The highest BCUT2D eigenvalue weighted by Gasteiger charge is 2.33. The van der Waals surface area contributed by atoms with Crippen LogP contribution in [0.5, 0.6) is 5.75 Å². The van der Waals surface area contributed by atoms with Crippen molar-refractivity contribution in [1.82, 2.24) is 10.1 Å². The maximum Gasteiger partial charge on any atom is 0.313 e. The normalized spacial score (nSPS) is 17.3. The van der Waals surface area contributed by atoms with Gasteiger partial charge in [0.2, 0.25) is 5.89 Å². The average Bonchev–Trinajstić information content (AvgIpc) is 3.23. The van der Waals surface area contributed by atoms with Gasteiger partial charge in [0.05, 0.1) is 29.8 Å². The summed E-state index contributed by atoms with van der Waals surface area (Å²) in [6.07, 6.45) is 1.57. The molecule has 9 heteroatoms. The van der Waals surface area contributed by atoms with E-state index in [2.05, 4.69) is 10.1 Å². The quantitative estimate of drug-likeness (QED) is 0.600. The van der Waals surface area contributed by atoms with E-state index in [1.54, 1.807) is 4.90 Å². The first-order chi connectivity index (χ1) is 11.9. The number of ether oxygens (including phenoxy) is 1. The fourth-order valence-corrected chi connectivity index (χ4v) is 3.00. The van der Waals surface area contributed by atoms with Gasteiger partial charge in [-0.1, -0.05) is 19.0 Å². The van der Waals surface area contributed by atoms with Gasteiger partial charge in [-0.05, 0) is 12.8 Å². The molecule has 0 saturated carbocycles. The van der Waals surface area contributed by atoms with Gasteiger partial charge in [-0.2, -0.15) is 4.98 Å². The molecule has 0 amide bonds. The second-order valence-corrected chi connectivity index (χ2v) is 6.23. The van der Waals surface area contributed by atoms with Crippen LogP contribution in [0.4, 0.5) is 15.8 Å². The monoisotopic (exact) mass is 350 g/mol. The van der Waals surface area contributed by atoms with Crippen LogP contribution in [0.2, 0.25) is 0 Å². The molecule has 1 unspecified atom stereocenters. The number of nitro benzene ring substituents is 1. The number of rotatable bonds is 5. The summed E-state index contributed by atoms with van der Waals surface area (Å²) in [4.78, 5) is 16.6. The molecule has 1 aromatic carbocycles.